The lowest BCUT2D eigenvalue weighted by Crippen LogP contribution is -2.42. The maximum atomic E-state index is 11.7. The number of aromatic nitrogens is 2. The van der Waals surface area contributed by atoms with Gasteiger partial charge in [-0.25, -0.2) is 9.59 Å². The van der Waals surface area contributed by atoms with Crippen molar-refractivity contribution in [2.45, 2.75) is 26.8 Å². The van der Waals surface area contributed by atoms with E-state index >= 15 is 0 Å². The van der Waals surface area contributed by atoms with Crippen molar-refractivity contribution in [2.24, 2.45) is 5.92 Å². The number of carbonyl (C=O) groups excluding carboxylic acids is 3. The quantitative estimate of drug-likeness (QED) is 0.636. The van der Waals surface area contributed by atoms with Gasteiger partial charge in [0.15, 0.2) is 6.61 Å². The highest BCUT2D eigenvalue weighted by Crippen LogP contribution is 2.20. The van der Waals surface area contributed by atoms with Crippen molar-refractivity contribution in [3.63, 3.8) is 0 Å². The molecule has 2 heterocycles. The van der Waals surface area contributed by atoms with E-state index in [1.807, 2.05) is 24.5 Å². The number of hydrogen-bond acceptors (Lipinski definition) is 8. The smallest absolute Gasteiger partial charge is 0.437 e. The van der Waals surface area contributed by atoms with Crippen LogP contribution in [0.3, 0.4) is 0 Å². The number of hydrogen-bond donors (Lipinski definition) is 2. The van der Waals surface area contributed by atoms with Gasteiger partial charge < -0.3 is 14.5 Å². The molecule has 0 spiro atoms. The summed E-state index contributed by atoms with van der Waals surface area (Å²) in [6.07, 6.45) is -0.177. The van der Waals surface area contributed by atoms with Gasteiger partial charge in [0.1, 0.15) is 0 Å². The summed E-state index contributed by atoms with van der Waals surface area (Å²) in [5.74, 6) is -1.73. The highest BCUT2D eigenvalue weighted by Gasteiger charge is 2.14. The molecule has 0 aliphatic heterocycles. The first-order valence-electron chi connectivity index (χ1n) is 8.20. The molecule has 2 rings (SSSR count). The third-order valence-electron chi connectivity index (χ3n) is 3.15. The van der Waals surface area contributed by atoms with Crippen LogP contribution in [-0.4, -0.2) is 40.8 Å². The first-order chi connectivity index (χ1) is 12.8. The molecule has 0 saturated heterocycles. The van der Waals surface area contributed by atoms with E-state index in [-0.39, 0.29) is 24.8 Å². The van der Waals surface area contributed by atoms with Crippen molar-refractivity contribution in [2.75, 3.05) is 13.2 Å². The molecule has 0 aliphatic carbocycles. The molecule has 146 valence electrons. The Labute approximate surface area is 158 Å². The molecule has 0 fully saturated rings. The molecular weight excluding hydrogens is 376 g/mol. The Morgan fingerprint density at radius 3 is 2.81 bits per heavy atom. The van der Waals surface area contributed by atoms with E-state index in [1.54, 1.807) is 12.1 Å². The van der Waals surface area contributed by atoms with E-state index in [0.29, 0.717) is 11.4 Å². The zero-order valence-corrected chi connectivity index (χ0v) is 15.7. The number of amides is 3. The van der Waals surface area contributed by atoms with Crippen molar-refractivity contribution in [1.82, 2.24) is 20.4 Å². The Kier molecular flexibility index (Phi) is 7.29. The third kappa shape index (κ3) is 6.70. The number of esters is 1. The van der Waals surface area contributed by atoms with Crippen molar-refractivity contribution in [1.29, 1.82) is 0 Å². The molecule has 2 aromatic heterocycles. The summed E-state index contributed by atoms with van der Waals surface area (Å²) in [5.41, 5.74) is 0. The molecule has 0 aromatic carbocycles. The minimum Gasteiger partial charge on any atom is -0.456 e. The van der Waals surface area contributed by atoms with Crippen molar-refractivity contribution in [3.8, 4) is 10.8 Å². The molecule has 0 radical (unpaired) electrons. The zero-order chi connectivity index (χ0) is 19.8. The number of nitrogens with zero attached hydrogens (tertiary/aromatic N) is 2. The van der Waals surface area contributed by atoms with Crippen LogP contribution in [0.25, 0.3) is 10.8 Å². The number of aryl methyl sites for hydroxylation is 1. The number of carbonyl (C=O) groups is 3. The summed E-state index contributed by atoms with van der Waals surface area (Å²) in [4.78, 5) is 47.1. The van der Waals surface area contributed by atoms with Crippen LogP contribution < -0.4 is 16.4 Å². The highest BCUT2D eigenvalue weighted by atomic mass is 32.1. The molecule has 0 aliphatic rings. The van der Waals surface area contributed by atoms with Gasteiger partial charge in [0, 0.05) is 6.54 Å². The van der Waals surface area contributed by atoms with Crippen LogP contribution in [0.4, 0.5) is 4.79 Å². The summed E-state index contributed by atoms with van der Waals surface area (Å²) in [7, 11) is 0. The maximum absolute atomic E-state index is 11.7. The third-order valence-corrected chi connectivity index (χ3v) is 4.01. The first kappa shape index (κ1) is 20.4. The predicted molar refractivity (Wildman–Crippen MR) is 96.0 cm³/mol. The van der Waals surface area contributed by atoms with Gasteiger partial charge in [0.25, 0.3) is 11.8 Å². The number of imide groups is 1. The molecule has 0 unspecified atom stereocenters. The van der Waals surface area contributed by atoms with Crippen LogP contribution in [0.15, 0.2) is 26.7 Å². The predicted octanol–water partition coefficient (Wildman–Crippen LogP) is 0.980. The van der Waals surface area contributed by atoms with Gasteiger partial charge in [0.2, 0.25) is 0 Å². The fraction of sp³-hybridized carbons (Fsp3) is 0.438. The van der Waals surface area contributed by atoms with E-state index in [9.17, 15) is 19.2 Å². The van der Waals surface area contributed by atoms with Crippen LogP contribution in [0.2, 0.25) is 0 Å². The molecule has 3 amide bonds. The maximum Gasteiger partial charge on any atom is 0.437 e. The second kappa shape index (κ2) is 9.67. The molecule has 10 nitrogen and oxygen atoms in total. The lowest BCUT2D eigenvalue weighted by Gasteiger charge is -2.08. The van der Waals surface area contributed by atoms with Gasteiger partial charge in [-0.2, -0.15) is 4.68 Å². The lowest BCUT2D eigenvalue weighted by molar-refractivity contribution is -0.148. The van der Waals surface area contributed by atoms with Crippen LogP contribution >= 0.6 is 11.3 Å². The van der Waals surface area contributed by atoms with Crippen molar-refractivity contribution >= 4 is 29.2 Å². The lowest BCUT2D eigenvalue weighted by atomic mass is 10.2. The van der Waals surface area contributed by atoms with E-state index in [4.69, 9.17) is 9.15 Å². The minimum atomic E-state index is -0.747. The molecule has 27 heavy (non-hydrogen) atoms. The zero-order valence-electron chi connectivity index (χ0n) is 14.9. The molecule has 2 aromatic rings. The van der Waals surface area contributed by atoms with E-state index < -0.39 is 30.3 Å². The number of thiophene rings is 1. The van der Waals surface area contributed by atoms with Crippen LogP contribution in [0.1, 0.15) is 20.3 Å². The van der Waals surface area contributed by atoms with Crippen molar-refractivity contribution in [3.05, 3.63) is 28.1 Å². The SMILES string of the molecule is CC(C)CNC(=O)NC(=O)COC(=O)CCn1nc(-c2cccs2)oc1=O. The van der Waals surface area contributed by atoms with Gasteiger partial charge in [-0.15, -0.1) is 16.4 Å². The largest absolute Gasteiger partial charge is 0.456 e. The second-order valence-electron chi connectivity index (χ2n) is 5.94. The first-order valence-corrected chi connectivity index (χ1v) is 9.08. The average molecular weight is 396 g/mol. The number of rotatable bonds is 8. The Morgan fingerprint density at radius 1 is 1.37 bits per heavy atom. The monoisotopic (exact) mass is 396 g/mol. The molecule has 0 saturated carbocycles. The number of ether oxygens (including phenoxy) is 1. The average Bonchev–Trinajstić information content (AvgIpc) is 3.26. The fourth-order valence-corrected chi connectivity index (χ4v) is 2.51. The van der Waals surface area contributed by atoms with Gasteiger partial charge >= 0.3 is 17.8 Å². The standard InChI is InChI=1S/C16H20N4O6S/c1-10(2)8-17-15(23)18-12(21)9-25-13(22)5-6-20-16(24)26-14(19-20)11-4-3-7-27-11/h3-4,7,10H,5-6,8-9H2,1-2H3,(H2,17,18,21,23). The van der Waals surface area contributed by atoms with Gasteiger partial charge in [0.05, 0.1) is 17.8 Å². The second-order valence-corrected chi connectivity index (χ2v) is 6.88. The van der Waals surface area contributed by atoms with E-state index in [2.05, 4.69) is 10.4 Å². The molecule has 0 bridgehead atoms. The number of nitrogens with one attached hydrogen (secondary N) is 2. The Bertz CT molecular complexity index is 839. The Morgan fingerprint density at radius 2 is 2.15 bits per heavy atom. The van der Waals surface area contributed by atoms with E-state index in [0.717, 1.165) is 4.68 Å². The van der Waals surface area contributed by atoms with Crippen LogP contribution in [0.5, 0.6) is 0 Å². The molecule has 2 N–H and O–H groups in total. The highest BCUT2D eigenvalue weighted by molar-refractivity contribution is 7.13. The fourth-order valence-electron chi connectivity index (χ4n) is 1.87. The van der Waals surface area contributed by atoms with Crippen LogP contribution in [-0.2, 0) is 20.9 Å². The molecule has 11 heteroatoms. The summed E-state index contributed by atoms with van der Waals surface area (Å²) < 4.78 is 10.8. The number of urea groups is 1. The van der Waals surface area contributed by atoms with Gasteiger partial charge in [-0.1, -0.05) is 19.9 Å². The Hall–Kier alpha value is -2.95. The summed E-state index contributed by atoms with van der Waals surface area (Å²) in [5, 5.41) is 10.4. The summed E-state index contributed by atoms with van der Waals surface area (Å²) in [6.45, 7) is 3.59. The Balaban J connectivity index is 1.73. The summed E-state index contributed by atoms with van der Waals surface area (Å²) >= 11 is 1.37. The summed E-state index contributed by atoms with van der Waals surface area (Å²) in [6, 6.07) is 2.90. The molecule has 0 atom stereocenters. The van der Waals surface area contributed by atoms with Gasteiger partial charge in [-0.05, 0) is 17.4 Å². The van der Waals surface area contributed by atoms with E-state index in [1.165, 1.54) is 11.3 Å². The normalized spacial score (nSPS) is 10.6. The topological polar surface area (TPSA) is 133 Å². The molecular formula is C16H20N4O6S. The van der Waals surface area contributed by atoms with Crippen LogP contribution in [0, 0.1) is 5.92 Å². The van der Waals surface area contributed by atoms with Gasteiger partial charge in [-0.3, -0.25) is 14.9 Å². The minimum absolute atomic E-state index is 0.0525. The van der Waals surface area contributed by atoms with Crippen molar-refractivity contribution < 1.29 is 23.5 Å².